The lowest BCUT2D eigenvalue weighted by Crippen LogP contribution is -2.37. The Balaban J connectivity index is 2.04. The first-order valence-corrected chi connectivity index (χ1v) is 5.79. The largest absolute Gasteiger partial charge is 0.398 e. The van der Waals surface area contributed by atoms with Crippen LogP contribution in [0.5, 0.6) is 0 Å². The highest BCUT2D eigenvalue weighted by atomic mass is 16.3. The Kier molecular flexibility index (Phi) is 3.21. The molecule has 2 rings (SSSR count). The Morgan fingerprint density at radius 1 is 1.53 bits per heavy atom. The third-order valence-electron chi connectivity index (χ3n) is 3.34. The lowest BCUT2D eigenvalue weighted by Gasteiger charge is -2.35. The molecule has 0 atom stereocenters. The van der Waals surface area contributed by atoms with Crippen LogP contribution < -0.4 is 10.6 Å². The van der Waals surface area contributed by atoms with E-state index < -0.39 is 0 Å². The van der Waals surface area contributed by atoms with E-state index in [-0.39, 0.29) is 6.10 Å². The van der Waals surface area contributed by atoms with Gasteiger partial charge in [0.15, 0.2) is 0 Å². The fourth-order valence-corrected chi connectivity index (χ4v) is 2.22. The molecule has 1 aliphatic carbocycles. The van der Waals surface area contributed by atoms with Crippen LogP contribution in [-0.2, 0) is 0 Å². The maximum Gasteiger partial charge on any atom is 0.101 e. The van der Waals surface area contributed by atoms with E-state index in [0.717, 1.165) is 25.1 Å². The molecule has 90 valence electrons. The minimum Gasteiger partial charge on any atom is -0.398 e. The van der Waals surface area contributed by atoms with Gasteiger partial charge in [0.25, 0.3) is 0 Å². The Morgan fingerprint density at radius 2 is 2.24 bits per heavy atom. The zero-order valence-electron chi connectivity index (χ0n) is 9.93. The minimum absolute atomic E-state index is 0.116. The number of benzene rings is 1. The van der Waals surface area contributed by atoms with Crippen LogP contribution >= 0.6 is 0 Å². The predicted molar refractivity (Wildman–Crippen MR) is 67.6 cm³/mol. The molecule has 0 unspecified atom stereocenters. The highest BCUT2D eigenvalue weighted by Crippen LogP contribution is 2.29. The average molecular weight is 231 g/mol. The van der Waals surface area contributed by atoms with Crippen molar-refractivity contribution in [1.82, 2.24) is 0 Å². The number of hydrogen-bond donors (Lipinski definition) is 2. The molecule has 0 radical (unpaired) electrons. The Bertz CT molecular complexity index is 446. The molecule has 0 bridgehead atoms. The van der Waals surface area contributed by atoms with Gasteiger partial charge in [-0.05, 0) is 37.0 Å². The van der Waals surface area contributed by atoms with Crippen LogP contribution in [0.15, 0.2) is 18.2 Å². The molecule has 0 saturated heterocycles. The molecule has 0 spiro atoms. The zero-order valence-corrected chi connectivity index (χ0v) is 9.93. The van der Waals surface area contributed by atoms with Crippen molar-refractivity contribution in [2.24, 2.45) is 5.92 Å². The van der Waals surface area contributed by atoms with Crippen LogP contribution in [-0.4, -0.2) is 24.8 Å². The van der Waals surface area contributed by atoms with Gasteiger partial charge in [-0.15, -0.1) is 0 Å². The average Bonchev–Trinajstić information content (AvgIpc) is 2.27. The lowest BCUT2D eigenvalue weighted by molar-refractivity contribution is 0.0465. The number of nitriles is 1. The molecule has 4 nitrogen and oxygen atoms in total. The summed E-state index contributed by atoms with van der Waals surface area (Å²) < 4.78 is 0. The first-order chi connectivity index (χ1) is 8.10. The molecule has 3 N–H and O–H groups in total. The molecule has 0 aliphatic heterocycles. The van der Waals surface area contributed by atoms with Crippen LogP contribution in [0.3, 0.4) is 0 Å². The van der Waals surface area contributed by atoms with Gasteiger partial charge in [-0.2, -0.15) is 5.26 Å². The van der Waals surface area contributed by atoms with Crippen molar-refractivity contribution in [3.63, 3.8) is 0 Å². The normalized spacial score (nSPS) is 22.6. The number of nitrogens with two attached hydrogens (primary N) is 1. The van der Waals surface area contributed by atoms with Crippen molar-refractivity contribution >= 4 is 11.4 Å². The molecule has 1 aromatic carbocycles. The molecular formula is C13H17N3O. The molecule has 1 aromatic rings. The molecule has 1 saturated carbocycles. The van der Waals surface area contributed by atoms with E-state index in [1.807, 2.05) is 19.2 Å². The van der Waals surface area contributed by atoms with E-state index in [1.54, 1.807) is 6.07 Å². The van der Waals surface area contributed by atoms with Crippen molar-refractivity contribution in [1.29, 1.82) is 5.26 Å². The highest BCUT2D eigenvalue weighted by Gasteiger charge is 2.28. The van der Waals surface area contributed by atoms with Gasteiger partial charge in [-0.1, -0.05) is 0 Å². The third-order valence-corrected chi connectivity index (χ3v) is 3.34. The Hall–Kier alpha value is -1.73. The zero-order chi connectivity index (χ0) is 12.4. The molecule has 1 fully saturated rings. The second kappa shape index (κ2) is 4.64. The smallest absolute Gasteiger partial charge is 0.101 e. The van der Waals surface area contributed by atoms with Crippen molar-refractivity contribution in [3.05, 3.63) is 23.8 Å². The number of anilines is 2. The van der Waals surface area contributed by atoms with Crippen LogP contribution in [0.1, 0.15) is 18.4 Å². The van der Waals surface area contributed by atoms with E-state index in [4.69, 9.17) is 11.0 Å². The number of rotatable bonds is 3. The highest BCUT2D eigenvalue weighted by molar-refractivity contribution is 5.62. The lowest BCUT2D eigenvalue weighted by atomic mass is 9.82. The monoisotopic (exact) mass is 231 g/mol. The topological polar surface area (TPSA) is 73.3 Å². The Labute approximate surface area is 101 Å². The number of nitrogens with zero attached hydrogens (tertiary/aromatic N) is 2. The second-order valence-electron chi connectivity index (χ2n) is 4.76. The van der Waals surface area contributed by atoms with Crippen molar-refractivity contribution < 1.29 is 5.11 Å². The van der Waals surface area contributed by atoms with Crippen molar-refractivity contribution in [2.75, 3.05) is 24.2 Å². The summed E-state index contributed by atoms with van der Waals surface area (Å²) in [6.45, 7) is 0.909. The summed E-state index contributed by atoms with van der Waals surface area (Å²) in [5, 5.41) is 18.2. The summed E-state index contributed by atoms with van der Waals surface area (Å²) in [6.07, 6.45) is 1.64. The molecule has 0 aromatic heterocycles. The number of aliphatic hydroxyl groups excluding tert-OH is 1. The number of aliphatic hydroxyl groups is 1. The van der Waals surface area contributed by atoms with E-state index in [0.29, 0.717) is 17.2 Å². The van der Waals surface area contributed by atoms with Gasteiger partial charge >= 0.3 is 0 Å². The standard InChI is InChI=1S/C13H17N3O/c1-16(8-9-4-12(17)5-9)11-2-3-13(15)10(6-11)7-14/h2-3,6,9,12,17H,4-5,8,15H2,1H3. The number of hydrogen-bond acceptors (Lipinski definition) is 4. The number of nitrogen functional groups attached to an aromatic ring is 1. The van der Waals surface area contributed by atoms with Gasteiger partial charge in [0.2, 0.25) is 0 Å². The van der Waals surface area contributed by atoms with E-state index in [2.05, 4.69) is 11.0 Å². The fourth-order valence-electron chi connectivity index (χ4n) is 2.22. The van der Waals surface area contributed by atoms with E-state index >= 15 is 0 Å². The van der Waals surface area contributed by atoms with Gasteiger partial charge < -0.3 is 15.7 Å². The maximum atomic E-state index is 9.24. The molecule has 4 heteroatoms. The van der Waals surface area contributed by atoms with E-state index in [9.17, 15) is 5.11 Å². The third kappa shape index (κ3) is 2.51. The van der Waals surface area contributed by atoms with Crippen LogP contribution in [0.4, 0.5) is 11.4 Å². The molecule has 1 aliphatic rings. The maximum absolute atomic E-state index is 9.24. The van der Waals surface area contributed by atoms with Crippen LogP contribution in [0.25, 0.3) is 0 Å². The fraction of sp³-hybridized carbons (Fsp3) is 0.462. The van der Waals surface area contributed by atoms with Gasteiger partial charge in [-0.25, -0.2) is 0 Å². The van der Waals surface area contributed by atoms with Crippen LogP contribution in [0, 0.1) is 17.2 Å². The molecular weight excluding hydrogens is 214 g/mol. The first-order valence-electron chi connectivity index (χ1n) is 5.79. The van der Waals surface area contributed by atoms with Crippen molar-refractivity contribution in [2.45, 2.75) is 18.9 Å². The van der Waals surface area contributed by atoms with Gasteiger partial charge in [0, 0.05) is 25.0 Å². The summed E-state index contributed by atoms with van der Waals surface area (Å²) >= 11 is 0. The molecule has 0 amide bonds. The minimum atomic E-state index is -0.116. The summed E-state index contributed by atoms with van der Waals surface area (Å²) in [4.78, 5) is 2.11. The summed E-state index contributed by atoms with van der Waals surface area (Å²) in [6, 6.07) is 7.58. The Morgan fingerprint density at radius 3 is 2.82 bits per heavy atom. The quantitative estimate of drug-likeness (QED) is 0.770. The van der Waals surface area contributed by atoms with Gasteiger partial charge in [0.1, 0.15) is 6.07 Å². The summed E-state index contributed by atoms with van der Waals surface area (Å²) in [5.74, 6) is 0.554. The first kappa shape index (κ1) is 11.7. The predicted octanol–water partition coefficient (Wildman–Crippen LogP) is 1.35. The van der Waals surface area contributed by atoms with Crippen molar-refractivity contribution in [3.8, 4) is 6.07 Å². The van der Waals surface area contributed by atoms with Gasteiger partial charge in [0.05, 0.1) is 11.7 Å². The second-order valence-corrected chi connectivity index (χ2v) is 4.76. The van der Waals surface area contributed by atoms with E-state index in [1.165, 1.54) is 0 Å². The summed E-state index contributed by atoms with van der Waals surface area (Å²) in [7, 11) is 2.00. The summed E-state index contributed by atoms with van der Waals surface area (Å²) in [5.41, 5.74) is 7.71. The SMILES string of the molecule is CN(CC1CC(O)C1)c1ccc(N)c(C#N)c1. The molecule has 0 heterocycles. The molecule has 17 heavy (non-hydrogen) atoms. The van der Waals surface area contributed by atoms with Crippen LogP contribution in [0.2, 0.25) is 0 Å². The van der Waals surface area contributed by atoms with Gasteiger partial charge in [-0.3, -0.25) is 0 Å².